The van der Waals surface area contributed by atoms with Gasteiger partial charge in [0.15, 0.2) is 0 Å². The van der Waals surface area contributed by atoms with Crippen LogP contribution in [0.2, 0.25) is 0 Å². The highest BCUT2D eigenvalue weighted by atomic mass is 16.5. The SMILES string of the molecule is CCC(NC)c1cccc(OCC2CCCO2)c1. The Morgan fingerprint density at radius 2 is 2.39 bits per heavy atom. The summed E-state index contributed by atoms with van der Waals surface area (Å²) >= 11 is 0. The Bertz CT molecular complexity index is 357. The van der Waals surface area contributed by atoms with Crippen molar-refractivity contribution < 1.29 is 9.47 Å². The number of benzene rings is 1. The maximum Gasteiger partial charge on any atom is 0.119 e. The minimum Gasteiger partial charge on any atom is -0.491 e. The highest BCUT2D eigenvalue weighted by molar-refractivity contribution is 5.30. The molecule has 3 heteroatoms. The maximum atomic E-state index is 5.82. The smallest absolute Gasteiger partial charge is 0.119 e. The summed E-state index contributed by atoms with van der Waals surface area (Å²) in [7, 11) is 1.99. The van der Waals surface area contributed by atoms with E-state index in [4.69, 9.17) is 9.47 Å². The second kappa shape index (κ2) is 6.76. The lowest BCUT2D eigenvalue weighted by Gasteiger charge is -2.16. The van der Waals surface area contributed by atoms with Gasteiger partial charge >= 0.3 is 0 Å². The van der Waals surface area contributed by atoms with Crippen molar-refractivity contribution in [3.8, 4) is 5.75 Å². The molecule has 2 atom stereocenters. The molecule has 1 saturated heterocycles. The molecular weight excluding hydrogens is 226 g/mol. The molecule has 3 nitrogen and oxygen atoms in total. The summed E-state index contributed by atoms with van der Waals surface area (Å²) in [5.74, 6) is 0.941. The maximum absolute atomic E-state index is 5.82. The fraction of sp³-hybridized carbons (Fsp3) is 0.600. The molecule has 1 aliphatic rings. The lowest BCUT2D eigenvalue weighted by atomic mass is 10.0. The zero-order chi connectivity index (χ0) is 12.8. The summed E-state index contributed by atoms with van der Waals surface area (Å²) in [5.41, 5.74) is 1.28. The Labute approximate surface area is 109 Å². The van der Waals surface area contributed by atoms with Crippen molar-refractivity contribution in [1.29, 1.82) is 0 Å². The normalized spacial score (nSPS) is 20.9. The van der Waals surface area contributed by atoms with Crippen LogP contribution in [0.3, 0.4) is 0 Å². The van der Waals surface area contributed by atoms with Gasteiger partial charge in [-0.05, 0) is 44.0 Å². The highest BCUT2D eigenvalue weighted by Gasteiger charge is 2.16. The van der Waals surface area contributed by atoms with Gasteiger partial charge in [0.25, 0.3) is 0 Å². The van der Waals surface area contributed by atoms with E-state index in [-0.39, 0.29) is 6.10 Å². The van der Waals surface area contributed by atoms with E-state index < -0.39 is 0 Å². The van der Waals surface area contributed by atoms with Crippen molar-refractivity contribution in [3.05, 3.63) is 29.8 Å². The molecule has 2 unspecified atom stereocenters. The van der Waals surface area contributed by atoms with Gasteiger partial charge in [0, 0.05) is 12.6 Å². The lowest BCUT2D eigenvalue weighted by molar-refractivity contribution is 0.0679. The van der Waals surface area contributed by atoms with Crippen LogP contribution >= 0.6 is 0 Å². The summed E-state index contributed by atoms with van der Waals surface area (Å²) < 4.78 is 11.4. The van der Waals surface area contributed by atoms with E-state index in [2.05, 4.69) is 30.4 Å². The molecule has 0 aliphatic carbocycles. The van der Waals surface area contributed by atoms with Crippen molar-refractivity contribution >= 4 is 0 Å². The van der Waals surface area contributed by atoms with E-state index >= 15 is 0 Å². The van der Waals surface area contributed by atoms with Crippen molar-refractivity contribution in [2.75, 3.05) is 20.3 Å². The first kappa shape index (κ1) is 13.4. The van der Waals surface area contributed by atoms with Gasteiger partial charge in [-0.3, -0.25) is 0 Å². The molecule has 1 aromatic rings. The van der Waals surface area contributed by atoms with E-state index in [9.17, 15) is 0 Å². The highest BCUT2D eigenvalue weighted by Crippen LogP contribution is 2.22. The zero-order valence-electron chi connectivity index (χ0n) is 11.3. The predicted octanol–water partition coefficient (Wildman–Crippen LogP) is 2.91. The summed E-state index contributed by atoms with van der Waals surface area (Å²) in [5, 5.41) is 3.31. The molecule has 0 radical (unpaired) electrons. The van der Waals surface area contributed by atoms with Crippen LogP contribution in [0.25, 0.3) is 0 Å². The minimum absolute atomic E-state index is 0.278. The first-order chi connectivity index (χ1) is 8.83. The van der Waals surface area contributed by atoms with Crippen LogP contribution in [0.15, 0.2) is 24.3 Å². The van der Waals surface area contributed by atoms with Crippen LogP contribution in [0.4, 0.5) is 0 Å². The van der Waals surface area contributed by atoms with Gasteiger partial charge in [-0.1, -0.05) is 19.1 Å². The first-order valence-electron chi connectivity index (χ1n) is 6.85. The van der Waals surface area contributed by atoms with Crippen LogP contribution in [0.1, 0.15) is 37.8 Å². The topological polar surface area (TPSA) is 30.5 Å². The fourth-order valence-corrected chi connectivity index (χ4v) is 2.39. The van der Waals surface area contributed by atoms with Gasteiger partial charge in [0.2, 0.25) is 0 Å². The zero-order valence-corrected chi connectivity index (χ0v) is 11.3. The van der Waals surface area contributed by atoms with E-state index in [0.717, 1.165) is 31.6 Å². The van der Waals surface area contributed by atoms with E-state index in [0.29, 0.717) is 12.6 Å². The molecule has 1 N–H and O–H groups in total. The Kier molecular flexibility index (Phi) is 5.02. The van der Waals surface area contributed by atoms with Gasteiger partial charge in [0.1, 0.15) is 12.4 Å². The van der Waals surface area contributed by atoms with Gasteiger partial charge in [-0.15, -0.1) is 0 Å². The quantitative estimate of drug-likeness (QED) is 0.841. The van der Waals surface area contributed by atoms with Crippen LogP contribution in [-0.2, 0) is 4.74 Å². The molecule has 1 aliphatic heterocycles. The monoisotopic (exact) mass is 249 g/mol. The number of ether oxygens (including phenoxy) is 2. The number of hydrogen-bond donors (Lipinski definition) is 1. The Morgan fingerprint density at radius 3 is 3.06 bits per heavy atom. The molecule has 1 aromatic carbocycles. The van der Waals surface area contributed by atoms with Gasteiger partial charge in [-0.2, -0.15) is 0 Å². The summed E-state index contributed by atoms with van der Waals surface area (Å²) in [6.07, 6.45) is 3.63. The second-order valence-electron chi connectivity index (χ2n) is 4.77. The molecule has 0 spiro atoms. The van der Waals surface area contributed by atoms with E-state index in [1.54, 1.807) is 0 Å². The lowest BCUT2D eigenvalue weighted by Crippen LogP contribution is -2.17. The van der Waals surface area contributed by atoms with Crippen molar-refractivity contribution in [2.24, 2.45) is 0 Å². The summed E-state index contributed by atoms with van der Waals surface area (Å²) in [6.45, 7) is 3.73. The van der Waals surface area contributed by atoms with Crippen molar-refractivity contribution in [3.63, 3.8) is 0 Å². The van der Waals surface area contributed by atoms with Gasteiger partial charge < -0.3 is 14.8 Å². The molecule has 0 aromatic heterocycles. The molecule has 1 heterocycles. The second-order valence-corrected chi connectivity index (χ2v) is 4.77. The van der Waals surface area contributed by atoms with Gasteiger partial charge in [-0.25, -0.2) is 0 Å². The average molecular weight is 249 g/mol. The van der Waals surface area contributed by atoms with Crippen LogP contribution in [0, 0.1) is 0 Å². The van der Waals surface area contributed by atoms with E-state index in [1.807, 2.05) is 13.1 Å². The molecular formula is C15H23NO2. The third-order valence-electron chi connectivity index (χ3n) is 3.48. The standard InChI is InChI=1S/C15H23NO2/c1-3-15(16-2)12-6-4-7-13(10-12)18-11-14-8-5-9-17-14/h4,6-7,10,14-16H,3,5,8-9,11H2,1-2H3. The summed E-state index contributed by atoms with van der Waals surface area (Å²) in [4.78, 5) is 0. The average Bonchev–Trinajstić information content (AvgIpc) is 2.92. The minimum atomic E-state index is 0.278. The van der Waals surface area contributed by atoms with Gasteiger partial charge in [0.05, 0.1) is 6.10 Å². The third kappa shape index (κ3) is 3.47. The number of hydrogen-bond acceptors (Lipinski definition) is 3. The fourth-order valence-electron chi connectivity index (χ4n) is 2.39. The van der Waals surface area contributed by atoms with Crippen LogP contribution < -0.4 is 10.1 Å². The number of rotatable bonds is 6. The predicted molar refractivity (Wildman–Crippen MR) is 73.0 cm³/mol. The molecule has 1 fully saturated rings. The Morgan fingerprint density at radius 1 is 1.50 bits per heavy atom. The number of nitrogens with one attached hydrogen (secondary N) is 1. The largest absolute Gasteiger partial charge is 0.491 e. The Balaban J connectivity index is 1.93. The third-order valence-corrected chi connectivity index (χ3v) is 3.48. The van der Waals surface area contributed by atoms with E-state index in [1.165, 1.54) is 5.56 Å². The first-order valence-corrected chi connectivity index (χ1v) is 6.85. The van der Waals surface area contributed by atoms with Crippen LogP contribution in [-0.4, -0.2) is 26.4 Å². The molecule has 0 bridgehead atoms. The summed E-state index contributed by atoms with van der Waals surface area (Å²) in [6, 6.07) is 8.74. The van der Waals surface area contributed by atoms with Crippen molar-refractivity contribution in [2.45, 2.75) is 38.3 Å². The molecule has 0 saturated carbocycles. The Hall–Kier alpha value is -1.06. The molecule has 18 heavy (non-hydrogen) atoms. The van der Waals surface area contributed by atoms with Crippen molar-refractivity contribution in [1.82, 2.24) is 5.32 Å². The molecule has 100 valence electrons. The molecule has 2 rings (SSSR count). The molecule has 0 amide bonds. The van der Waals surface area contributed by atoms with Crippen LogP contribution in [0.5, 0.6) is 5.75 Å².